The van der Waals surface area contributed by atoms with Crippen LogP contribution in [0.2, 0.25) is 0 Å². The lowest BCUT2D eigenvalue weighted by Gasteiger charge is -2.31. The number of rotatable bonds is 2. The fourth-order valence-corrected chi connectivity index (χ4v) is 2.73. The van der Waals surface area contributed by atoms with E-state index in [0.29, 0.717) is 32.1 Å². The van der Waals surface area contributed by atoms with E-state index < -0.39 is 29.2 Å². The molecule has 1 saturated carbocycles. The van der Waals surface area contributed by atoms with Gasteiger partial charge in [-0.2, -0.15) is 0 Å². The largest absolute Gasteiger partial charge is 0.468 e. The summed E-state index contributed by atoms with van der Waals surface area (Å²) >= 11 is 0. The smallest absolute Gasteiger partial charge is 0.326 e. The van der Waals surface area contributed by atoms with E-state index in [-0.39, 0.29) is 18.7 Å². The van der Waals surface area contributed by atoms with E-state index in [1.54, 1.807) is 0 Å². The molecule has 6 nitrogen and oxygen atoms in total. The molecule has 0 saturated heterocycles. The molecule has 0 aromatic rings. The molecular weight excluding hydrogens is 322 g/mol. The number of alkyl halides is 1. The Labute approximate surface area is 140 Å². The van der Waals surface area contributed by atoms with Crippen molar-refractivity contribution in [1.82, 2.24) is 0 Å². The number of allylic oxidation sites excluding steroid dienone is 1. The van der Waals surface area contributed by atoms with E-state index in [0.717, 1.165) is 0 Å². The van der Waals surface area contributed by atoms with E-state index in [9.17, 15) is 18.4 Å². The van der Waals surface area contributed by atoms with Crippen LogP contribution in [-0.4, -0.2) is 43.4 Å². The fraction of sp³-hybridized carbons (Fsp3) is 0.750. The zero-order chi connectivity index (χ0) is 18.4. The Kier molecular flexibility index (Phi) is 7.28. The molecule has 0 amide bonds. The van der Waals surface area contributed by atoms with E-state index in [1.165, 1.54) is 20.3 Å². The molecule has 0 aromatic carbocycles. The third kappa shape index (κ3) is 5.24. The summed E-state index contributed by atoms with van der Waals surface area (Å²) in [6.45, 7) is 0. The summed E-state index contributed by atoms with van der Waals surface area (Å²) in [4.78, 5) is 22.2. The molecule has 0 heterocycles. The van der Waals surface area contributed by atoms with Crippen LogP contribution in [0.5, 0.6) is 0 Å². The van der Waals surface area contributed by atoms with E-state index in [2.05, 4.69) is 9.47 Å². The van der Waals surface area contributed by atoms with Gasteiger partial charge in [0, 0.05) is 6.42 Å². The van der Waals surface area contributed by atoms with Crippen molar-refractivity contribution in [2.75, 3.05) is 14.2 Å². The van der Waals surface area contributed by atoms with Crippen molar-refractivity contribution in [3.63, 3.8) is 0 Å². The van der Waals surface area contributed by atoms with Gasteiger partial charge in [-0.15, -0.1) is 0 Å². The topological polar surface area (TPSA) is 105 Å². The minimum atomic E-state index is -1.01. The molecule has 8 heteroatoms. The lowest BCUT2D eigenvalue weighted by molar-refractivity contribution is -0.149. The summed E-state index contributed by atoms with van der Waals surface area (Å²) in [7, 11) is 2.59. The van der Waals surface area contributed by atoms with Gasteiger partial charge in [0.15, 0.2) is 0 Å². The Hall–Kier alpha value is -1.54. The van der Waals surface area contributed by atoms with Crippen LogP contribution in [0, 0.1) is 0 Å². The molecule has 24 heavy (non-hydrogen) atoms. The molecule has 0 spiro atoms. The Balaban J connectivity index is 0.000000240. The van der Waals surface area contributed by atoms with Gasteiger partial charge in [0.2, 0.25) is 0 Å². The first-order valence-electron chi connectivity index (χ1n) is 7.90. The summed E-state index contributed by atoms with van der Waals surface area (Å²) < 4.78 is 34.3. The van der Waals surface area contributed by atoms with Gasteiger partial charge in [-0.3, -0.25) is 9.59 Å². The minimum absolute atomic E-state index is 0.194. The number of hydrogen-bond donors (Lipinski definition) is 2. The third-order valence-corrected chi connectivity index (χ3v) is 4.49. The monoisotopic (exact) mass is 348 g/mol. The van der Waals surface area contributed by atoms with Gasteiger partial charge < -0.3 is 20.9 Å². The number of methoxy groups -OCH3 is 2. The lowest BCUT2D eigenvalue weighted by atomic mass is 9.82. The van der Waals surface area contributed by atoms with E-state index in [1.807, 2.05) is 0 Å². The maximum absolute atomic E-state index is 12.7. The SMILES string of the molecule is COC(=O)C1(N)CC=C(F)CC1.COC(=O)C1(N)CCC(F)CC1. The van der Waals surface area contributed by atoms with Gasteiger partial charge in [-0.1, -0.05) is 6.08 Å². The van der Waals surface area contributed by atoms with Crippen LogP contribution in [0.1, 0.15) is 44.9 Å². The van der Waals surface area contributed by atoms with Gasteiger partial charge >= 0.3 is 11.9 Å². The zero-order valence-electron chi connectivity index (χ0n) is 14.1. The second kappa shape index (κ2) is 8.53. The Morgan fingerprint density at radius 2 is 1.58 bits per heavy atom. The summed E-state index contributed by atoms with van der Waals surface area (Å²) in [5.41, 5.74) is 9.48. The second-order valence-corrected chi connectivity index (χ2v) is 6.33. The van der Waals surface area contributed by atoms with Gasteiger partial charge in [0.05, 0.1) is 20.0 Å². The summed E-state index contributed by atoms with van der Waals surface area (Å²) in [5.74, 6) is -1.08. The average Bonchev–Trinajstić information content (AvgIpc) is 2.59. The van der Waals surface area contributed by atoms with Crippen molar-refractivity contribution < 1.29 is 27.8 Å². The number of nitrogens with two attached hydrogens (primary N) is 2. The number of halogens is 2. The molecule has 0 aromatic heterocycles. The maximum atomic E-state index is 12.7. The fourth-order valence-electron chi connectivity index (χ4n) is 2.73. The van der Waals surface area contributed by atoms with Crippen LogP contribution in [0.3, 0.4) is 0 Å². The summed E-state index contributed by atoms with van der Waals surface area (Å²) in [5, 5.41) is 0. The first-order valence-corrected chi connectivity index (χ1v) is 7.90. The molecule has 1 unspecified atom stereocenters. The quantitative estimate of drug-likeness (QED) is 0.736. The van der Waals surface area contributed by atoms with Crippen LogP contribution in [0.25, 0.3) is 0 Å². The molecule has 4 N–H and O–H groups in total. The zero-order valence-corrected chi connectivity index (χ0v) is 14.1. The minimum Gasteiger partial charge on any atom is -0.468 e. The number of ether oxygens (including phenoxy) is 2. The molecular formula is C16H26F2N2O4. The van der Waals surface area contributed by atoms with Gasteiger partial charge in [-0.05, 0) is 38.5 Å². The molecule has 138 valence electrons. The van der Waals surface area contributed by atoms with Crippen molar-refractivity contribution >= 4 is 11.9 Å². The number of hydrogen-bond acceptors (Lipinski definition) is 6. The Bertz CT molecular complexity index is 490. The van der Waals surface area contributed by atoms with Gasteiger partial charge in [0.25, 0.3) is 0 Å². The van der Waals surface area contributed by atoms with Gasteiger partial charge in [0.1, 0.15) is 17.2 Å². The van der Waals surface area contributed by atoms with Gasteiger partial charge in [-0.25, -0.2) is 8.78 Å². The number of esters is 2. The second-order valence-electron chi connectivity index (χ2n) is 6.33. The van der Waals surface area contributed by atoms with Crippen molar-refractivity contribution in [3.8, 4) is 0 Å². The number of carbonyl (C=O) groups is 2. The third-order valence-electron chi connectivity index (χ3n) is 4.49. The first kappa shape index (κ1) is 20.5. The molecule has 2 aliphatic carbocycles. The van der Waals surface area contributed by atoms with Crippen molar-refractivity contribution in [2.45, 2.75) is 62.2 Å². The predicted octanol–water partition coefficient (Wildman–Crippen LogP) is 1.66. The van der Waals surface area contributed by atoms with Crippen molar-refractivity contribution in [1.29, 1.82) is 0 Å². The van der Waals surface area contributed by atoms with Crippen LogP contribution in [0.15, 0.2) is 11.9 Å². The molecule has 2 rings (SSSR count). The number of carbonyl (C=O) groups excluding carboxylic acids is 2. The van der Waals surface area contributed by atoms with E-state index in [4.69, 9.17) is 11.5 Å². The standard InChI is InChI=1S/C8H14FNO2.C8H12FNO2/c2*1-12-7(11)8(10)4-2-6(9)3-5-8/h6H,2-5,10H2,1H3;2H,3-5,10H2,1H3. The molecule has 0 bridgehead atoms. The van der Waals surface area contributed by atoms with E-state index >= 15 is 0 Å². The first-order chi connectivity index (χ1) is 11.2. The highest BCUT2D eigenvalue weighted by atomic mass is 19.1. The molecule has 1 atom stereocenters. The highest BCUT2D eigenvalue weighted by Crippen LogP contribution is 2.29. The normalized spacial score (nSPS) is 32.8. The predicted molar refractivity (Wildman–Crippen MR) is 84.3 cm³/mol. The lowest BCUT2D eigenvalue weighted by Crippen LogP contribution is -2.51. The Morgan fingerprint density at radius 1 is 1.08 bits per heavy atom. The van der Waals surface area contributed by atoms with Crippen molar-refractivity contribution in [2.24, 2.45) is 11.5 Å². The van der Waals surface area contributed by atoms with Crippen LogP contribution >= 0.6 is 0 Å². The Morgan fingerprint density at radius 3 is 2.00 bits per heavy atom. The van der Waals surface area contributed by atoms with Crippen LogP contribution in [-0.2, 0) is 19.1 Å². The molecule has 2 aliphatic rings. The summed E-state index contributed by atoms with van der Waals surface area (Å²) in [6.07, 6.45) is 2.84. The highest BCUT2D eigenvalue weighted by molar-refractivity contribution is 5.81. The summed E-state index contributed by atoms with van der Waals surface area (Å²) in [6, 6.07) is 0. The average molecular weight is 348 g/mol. The van der Waals surface area contributed by atoms with Crippen molar-refractivity contribution in [3.05, 3.63) is 11.9 Å². The molecule has 0 radical (unpaired) electrons. The molecule has 1 fully saturated rings. The molecule has 0 aliphatic heterocycles. The maximum Gasteiger partial charge on any atom is 0.326 e. The van der Waals surface area contributed by atoms with Crippen LogP contribution < -0.4 is 11.5 Å². The van der Waals surface area contributed by atoms with Crippen LogP contribution in [0.4, 0.5) is 8.78 Å². The highest BCUT2D eigenvalue weighted by Gasteiger charge is 2.39.